The van der Waals surface area contributed by atoms with Gasteiger partial charge in [-0.25, -0.2) is 0 Å². The van der Waals surface area contributed by atoms with E-state index in [0.717, 1.165) is 5.01 Å². The molecule has 1 atom stereocenters. The molecule has 0 spiro atoms. The van der Waals surface area contributed by atoms with Gasteiger partial charge in [-0.3, -0.25) is 14.5 Å². The molecule has 0 saturated carbocycles. The monoisotopic (exact) mass is 483 g/mol. The van der Waals surface area contributed by atoms with Crippen LogP contribution in [0.4, 0.5) is 5.13 Å². The molecule has 5 rings (SSSR count). The van der Waals surface area contributed by atoms with Gasteiger partial charge >= 0.3 is 0 Å². The van der Waals surface area contributed by atoms with Crippen molar-refractivity contribution < 1.29 is 18.7 Å². The number of halogens is 1. The number of nitrogens with zero attached hydrogens (tertiary/aromatic N) is 3. The molecule has 0 aliphatic carbocycles. The molecule has 2 aromatic heterocycles. The van der Waals surface area contributed by atoms with E-state index in [1.807, 2.05) is 6.92 Å². The Kier molecular flexibility index (Phi) is 5.30. The Morgan fingerprint density at radius 3 is 2.64 bits per heavy atom. The van der Waals surface area contributed by atoms with E-state index >= 15 is 0 Å². The second kappa shape index (κ2) is 8.17. The van der Waals surface area contributed by atoms with Crippen LogP contribution in [0, 0.1) is 0 Å². The maximum absolute atomic E-state index is 13.7. The number of aryl methyl sites for hydroxylation is 1. The third kappa shape index (κ3) is 3.35. The molecule has 0 unspecified atom stereocenters. The Bertz CT molecular complexity index is 1460. The third-order valence-corrected chi connectivity index (χ3v) is 6.83. The average Bonchev–Trinajstić information content (AvgIpc) is 3.41. The van der Waals surface area contributed by atoms with Crippen molar-refractivity contribution in [3.63, 3.8) is 0 Å². The molecule has 0 bridgehead atoms. The molecule has 2 aromatic carbocycles. The van der Waals surface area contributed by atoms with Gasteiger partial charge in [-0.05, 0) is 42.8 Å². The van der Waals surface area contributed by atoms with Crippen LogP contribution >= 0.6 is 22.9 Å². The topological polar surface area (TPSA) is 94.8 Å². The van der Waals surface area contributed by atoms with E-state index < -0.39 is 11.9 Å². The van der Waals surface area contributed by atoms with Crippen LogP contribution in [0.1, 0.15) is 39.7 Å². The lowest BCUT2D eigenvalue weighted by Crippen LogP contribution is -2.29. The van der Waals surface area contributed by atoms with Crippen molar-refractivity contribution in [2.75, 3.05) is 19.1 Å². The Morgan fingerprint density at radius 2 is 1.94 bits per heavy atom. The minimum Gasteiger partial charge on any atom is -0.497 e. The number of hydrogen-bond donors (Lipinski definition) is 0. The molecular formula is C23H18ClN3O5S. The summed E-state index contributed by atoms with van der Waals surface area (Å²) in [6, 6.07) is 9.08. The number of benzene rings is 2. The van der Waals surface area contributed by atoms with Crippen LogP contribution in [0.3, 0.4) is 0 Å². The Hall–Kier alpha value is -3.43. The van der Waals surface area contributed by atoms with Gasteiger partial charge in [-0.2, -0.15) is 0 Å². The minimum absolute atomic E-state index is 0.0436. The number of fused-ring (bicyclic) bond motifs is 2. The molecule has 3 heterocycles. The van der Waals surface area contributed by atoms with Gasteiger partial charge in [-0.1, -0.05) is 29.9 Å². The molecule has 0 radical (unpaired) electrons. The number of amides is 1. The number of aromatic nitrogens is 2. The lowest BCUT2D eigenvalue weighted by molar-refractivity contribution is 0.0970. The van der Waals surface area contributed by atoms with Crippen molar-refractivity contribution >= 4 is 44.9 Å². The predicted octanol–water partition coefficient (Wildman–Crippen LogP) is 4.63. The van der Waals surface area contributed by atoms with Gasteiger partial charge in [0.15, 0.2) is 5.43 Å². The molecule has 1 aliphatic rings. The van der Waals surface area contributed by atoms with Crippen molar-refractivity contribution in [2.24, 2.45) is 0 Å². The number of methoxy groups -OCH3 is 2. The lowest BCUT2D eigenvalue weighted by atomic mass is 9.97. The van der Waals surface area contributed by atoms with E-state index in [0.29, 0.717) is 33.6 Å². The molecule has 0 saturated heterocycles. The molecule has 10 heteroatoms. The number of anilines is 1. The Balaban J connectivity index is 1.84. The van der Waals surface area contributed by atoms with Gasteiger partial charge in [0.25, 0.3) is 5.91 Å². The van der Waals surface area contributed by atoms with Crippen molar-refractivity contribution in [1.29, 1.82) is 0 Å². The summed E-state index contributed by atoms with van der Waals surface area (Å²) in [7, 11) is 3.06. The SMILES string of the molecule is CCc1nnc(N2C(=O)c3oc4ccc(Cl)cc4c(=O)c3[C@@H]2c2cc(OC)ccc2OC)s1. The zero-order valence-corrected chi connectivity index (χ0v) is 19.5. The Labute approximate surface area is 197 Å². The average molecular weight is 484 g/mol. The fourth-order valence-electron chi connectivity index (χ4n) is 3.97. The smallest absolute Gasteiger partial charge is 0.297 e. The van der Waals surface area contributed by atoms with Gasteiger partial charge in [0, 0.05) is 10.6 Å². The molecule has 8 nitrogen and oxygen atoms in total. The van der Waals surface area contributed by atoms with Crippen LogP contribution in [-0.4, -0.2) is 30.3 Å². The Morgan fingerprint density at radius 1 is 1.12 bits per heavy atom. The first-order valence-electron chi connectivity index (χ1n) is 10.1. The van der Waals surface area contributed by atoms with Gasteiger partial charge in [0.05, 0.1) is 25.2 Å². The van der Waals surface area contributed by atoms with Crippen LogP contribution in [-0.2, 0) is 6.42 Å². The summed E-state index contributed by atoms with van der Waals surface area (Å²) in [6.45, 7) is 1.95. The van der Waals surface area contributed by atoms with Crippen molar-refractivity contribution in [1.82, 2.24) is 10.2 Å². The van der Waals surface area contributed by atoms with Crippen LogP contribution in [0.25, 0.3) is 11.0 Å². The van der Waals surface area contributed by atoms with Gasteiger partial charge in [0.1, 0.15) is 28.1 Å². The van der Waals surface area contributed by atoms with E-state index in [2.05, 4.69) is 10.2 Å². The third-order valence-electron chi connectivity index (χ3n) is 5.53. The lowest BCUT2D eigenvalue weighted by Gasteiger charge is -2.24. The summed E-state index contributed by atoms with van der Waals surface area (Å²) >= 11 is 7.43. The minimum atomic E-state index is -0.852. The highest BCUT2D eigenvalue weighted by Crippen LogP contribution is 2.45. The summed E-state index contributed by atoms with van der Waals surface area (Å²) in [4.78, 5) is 28.8. The molecule has 1 amide bonds. The fraction of sp³-hybridized carbons (Fsp3) is 0.217. The first-order valence-corrected chi connectivity index (χ1v) is 11.3. The zero-order valence-electron chi connectivity index (χ0n) is 17.9. The van der Waals surface area contributed by atoms with E-state index in [1.165, 1.54) is 29.4 Å². The molecule has 0 fully saturated rings. The van der Waals surface area contributed by atoms with Crippen LogP contribution in [0.2, 0.25) is 5.02 Å². The number of carbonyl (C=O) groups excluding carboxylic acids is 1. The molecule has 168 valence electrons. The predicted molar refractivity (Wildman–Crippen MR) is 125 cm³/mol. The van der Waals surface area contributed by atoms with E-state index in [4.69, 9.17) is 25.5 Å². The first-order chi connectivity index (χ1) is 16.0. The van der Waals surface area contributed by atoms with Crippen molar-refractivity contribution in [3.05, 3.63) is 73.5 Å². The van der Waals surface area contributed by atoms with Gasteiger partial charge in [-0.15, -0.1) is 10.2 Å². The van der Waals surface area contributed by atoms with Crippen molar-refractivity contribution in [2.45, 2.75) is 19.4 Å². The fourth-order valence-corrected chi connectivity index (χ4v) is 4.95. The number of rotatable bonds is 5. The second-order valence-corrected chi connectivity index (χ2v) is 8.81. The summed E-state index contributed by atoms with van der Waals surface area (Å²) in [5, 5.41) is 10.2. The largest absolute Gasteiger partial charge is 0.497 e. The highest BCUT2D eigenvalue weighted by atomic mass is 35.5. The first kappa shape index (κ1) is 21.4. The second-order valence-electron chi connectivity index (χ2n) is 7.33. The van der Waals surface area contributed by atoms with E-state index in [1.54, 1.807) is 37.4 Å². The number of hydrogen-bond acceptors (Lipinski definition) is 8. The molecular weight excluding hydrogens is 466 g/mol. The molecule has 4 aromatic rings. The van der Waals surface area contributed by atoms with Crippen molar-refractivity contribution in [3.8, 4) is 11.5 Å². The summed E-state index contributed by atoms with van der Waals surface area (Å²) < 4.78 is 16.9. The summed E-state index contributed by atoms with van der Waals surface area (Å²) in [5.41, 5.74) is 0.682. The number of carbonyl (C=O) groups is 1. The van der Waals surface area contributed by atoms with Gasteiger partial charge in [0.2, 0.25) is 10.9 Å². The highest BCUT2D eigenvalue weighted by molar-refractivity contribution is 7.15. The zero-order chi connectivity index (χ0) is 23.3. The molecule has 1 aliphatic heterocycles. The number of ether oxygens (including phenoxy) is 2. The standard InChI is InChI=1S/C23H18ClN3O5S/c1-4-17-25-26-23(33-17)27-19(13-10-12(30-2)6-8-15(13)31-3)18-20(28)14-9-11(24)5-7-16(14)32-21(18)22(27)29/h5-10,19H,4H2,1-3H3/t19-/m0/s1. The quantitative estimate of drug-likeness (QED) is 0.408. The van der Waals surface area contributed by atoms with E-state index in [9.17, 15) is 9.59 Å². The van der Waals surface area contributed by atoms with Gasteiger partial charge < -0.3 is 13.9 Å². The van der Waals surface area contributed by atoms with Crippen LogP contribution in [0.15, 0.2) is 45.6 Å². The normalized spacial score (nSPS) is 15.2. The van der Waals surface area contributed by atoms with Crippen LogP contribution in [0.5, 0.6) is 11.5 Å². The molecule has 0 N–H and O–H groups in total. The maximum atomic E-state index is 13.7. The van der Waals surface area contributed by atoms with E-state index in [-0.39, 0.29) is 27.7 Å². The molecule has 33 heavy (non-hydrogen) atoms. The van der Waals surface area contributed by atoms with Crippen LogP contribution < -0.4 is 19.8 Å². The summed E-state index contributed by atoms with van der Waals surface area (Å²) in [6.07, 6.45) is 0.666. The highest BCUT2D eigenvalue weighted by Gasteiger charge is 2.46. The maximum Gasteiger partial charge on any atom is 0.297 e. The summed E-state index contributed by atoms with van der Waals surface area (Å²) in [5.74, 6) is 0.509.